The molecule has 194 valence electrons. The second-order valence-electron chi connectivity index (χ2n) is 10.0. The highest BCUT2D eigenvalue weighted by Gasteiger charge is 2.15. The fraction of sp³-hybridized carbons (Fsp3) is 0. The second-order valence-corrected chi connectivity index (χ2v) is 10.0. The molecule has 0 saturated heterocycles. The van der Waals surface area contributed by atoms with Crippen LogP contribution in [0.5, 0.6) is 17.4 Å². The molecule has 1 N–H and O–H groups in total. The maximum Gasteiger partial charge on any atom is 0.219 e. The predicted octanol–water partition coefficient (Wildman–Crippen LogP) is 9.04. The molecule has 0 aliphatic heterocycles. The molecule has 3 heterocycles. The topological polar surface area (TPSA) is 60.2 Å². The number of aromatic hydroxyl groups is 1. The van der Waals surface area contributed by atoms with Gasteiger partial charge in [0, 0.05) is 39.2 Å². The lowest BCUT2D eigenvalue weighted by atomic mass is 10.0. The van der Waals surface area contributed by atoms with Gasteiger partial charge < -0.3 is 9.84 Å². The monoisotopic (exact) mass is 529 g/mol. The molecule has 5 nitrogen and oxygen atoms in total. The Morgan fingerprint density at radius 3 is 2.27 bits per heavy atom. The van der Waals surface area contributed by atoms with Crippen molar-refractivity contribution in [1.29, 1.82) is 0 Å². The average molecular weight is 530 g/mol. The maximum atomic E-state index is 11.1. The van der Waals surface area contributed by atoms with Crippen LogP contribution in [0.4, 0.5) is 0 Å². The zero-order chi connectivity index (χ0) is 27.3. The summed E-state index contributed by atoms with van der Waals surface area (Å²) >= 11 is 0. The van der Waals surface area contributed by atoms with Crippen LogP contribution < -0.4 is 4.74 Å². The summed E-state index contributed by atoms with van der Waals surface area (Å²) in [5.41, 5.74) is 5.17. The van der Waals surface area contributed by atoms with Gasteiger partial charge >= 0.3 is 0 Å². The van der Waals surface area contributed by atoms with Gasteiger partial charge in [-0.25, -0.2) is 9.97 Å². The van der Waals surface area contributed by atoms with E-state index < -0.39 is 0 Å². The summed E-state index contributed by atoms with van der Waals surface area (Å²) in [6, 6.07) is 44.1. The molecular formula is C36H23N3O2. The van der Waals surface area contributed by atoms with E-state index in [1.165, 1.54) is 0 Å². The number of fused-ring (bicyclic) bond motifs is 5. The Morgan fingerprint density at radius 2 is 1.34 bits per heavy atom. The standard InChI is InChI=1S/C36H23N3O2/c40-36-27(23-8-2-1-3-9-23)18-14-25-16-21-34(38-35(25)36)41-26-17-19-29-28-11-5-7-13-31(28)39(32(29)22-26)33-20-15-24-10-4-6-12-30(24)37-33/h1-22,40H. The quantitative estimate of drug-likeness (QED) is 0.247. The van der Waals surface area contributed by atoms with E-state index in [0.29, 0.717) is 17.1 Å². The molecule has 41 heavy (non-hydrogen) atoms. The Hall–Kier alpha value is -5.68. The van der Waals surface area contributed by atoms with E-state index in [0.717, 1.165) is 55.0 Å². The summed E-state index contributed by atoms with van der Waals surface area (Å²) < 4.78 is 8.47. The lowest BCUT2D eigenvalue weighted by molar-refractivity contribution is 0.460. The van der Waals surface area contributed by atoms with Gasteiger partial charge in [-0.15, -0.1) is 0 Å². The first-order valence-corrected chi connectivity index (χ1v) is 13.5. The lowest BCUT2D eigenvalue weighted by Gasteiger charge is -2.11. The summed E-state index contributed by atoms with van der Waals surface area (Å²) in [6.45, 7) is 0. The predicted molar refractivity (Wildman–Crippen MR) is 165 cm³/mol. The Bertz CT molecular complexity index is 2250. The van der Waals surface area contributed by atoms with Crippen molar-refractivity contribution in [2.45, 2.75) is 0 Å². The SMILES string of the molecule is Oc1c(-c2ccccc2)ccc2ccc(Oc3ccc4c5ccccc5n(-c5ccc6ccccc6n5)c4c3)nc12. The molecule has 5 aromatic carbocycles. The van der Waals surface area contributed by atoms with Crippen molar-refractivity contribution in [1.82, 2.24) is 14.5 Å². The molecular weight excluding hydrogens is 506 g/mol. The van der Waals surface area contributed by atoms with Crippen molar-refractivity contribution < 1.29 is 9.84 Å². The first kappa shape index (κ1) is 23.2. The summed E-state index contributed by atoms with van der Waals surface area (Å²) in [6.07, 6.45) is 0. The van der Waals surface area contributed by atoms with Crippen molar-refractivity contribution in [3.63, 3.8) is 0 Å². The molecule has 0 aliphatic carbocycles. The molecule has 5 heteroatoms. The molecule has 0 spiro atoms. The van der Waals surface area contributed by atoms with Gasteiger partial charge in [-0.3, -0.25) is 4.57 Å². The number of phenolic OH excluding ortho intramolecular Hbond substituents is 1. The van der Waals surface area contributed by atoms with Gasteiger partial charge in [0.1, 0.15) is 22.8 Å². The van der Waals surface area contributed by atoms with Crippen LogP contribution in [0.25, 0.3) is 60.6 Å². The smallest absolute Gasteiger partial charge is 0.219 e. The Labute approximate surface area is 235 Å². The van der Waals surface area contributed by atoms with Crippen LogP contribution in [-0.2, 0) is 0 Å². The molecule has 8 rings (SSSR count). The van der Waals surface area contributed by atoms with Gasteiger partial charge in [0.2, 0.25) is 5.88 Å². The van der Waals surface area contributed by atoms with Crippen LogP contribution in [0.2, 0.25) is 0 Å². The van der Waals surface area contributed by atoms with E-state index in [2.05, 4.69) is 47.0 Å². The van der Waals surface area contributed by atoms with Crippen LogP contribution in [-0.4, -0.2) is 19.6 Å². The number of phenols is 1. The normalized spacial score (nSPS) is 11.5. The highest BCUT2D eigenvalue weighted by Crippen LogP contribution is 2.38. The third-order valence-corrected chi connectivity index (χ3v) is 7.58. The van der Waals surface area contributed by atoms with E-state index in [9.17, 15) is 5.11 Å². The molecule has 0 aliphatic rings. The average Bonchev–Trinajstić information content (AvgIpc) is 3.35. The number of pyridine rings is 2. The number of benzene rings is 5. The van der Waals surface area contributed by atoms with Crippen molar-refractivity contribution in [3.8, 4) is 34.3 Å². The molecule has 0 saturated carbocycles. The molecule has 0 fully saturated rings. The molecule has 3 aromatic heterocycles. The van der Waals surface area contributed by atoms with Gasteiger partial charge in [-0.05, 0) is 54.1 Å². The number of ether oxygens (including phenoxy) is 1. The Morgan fingerprint density at radius 1 is 0.585 bits per heavy atom. The van der Waals surface area contributed by atoms with Crippen LogP contribution in [0, 0.1) is 0 Å². The summed E-state index contributed by atoms with van der Waals surface area (Å²) in [5.74, 6) is 2.03. The third-order valence-electron chi connectivity index (χ3n) is 7.58. The maximum absolute atomic E-state index is 11.1. The molecule has 0 radical (unpaired) electrons. The van der Waals surface area contributed by atoms with Crippen molar-refractivity contribution in [2.75, 3.05) is 0 Å². The van der Waals surface area contributed by atoms with Gasteiger partial charge in [0.05, 0.1) is 16.6 Å². The van der Waals surface area contributed by atoms with Gasteiger partial charge in [0.15, 0.2) is 0 Å². The lowest BCUT2D eigenvalue weighted by Crippen LogP contribution is -1.97. The molecule has 0 bridgehead atoms. The van der Waals surface area contributed by atoms with E-state index >= 15 is 0 Å². The van der Waals surface area contributed by atoms with Gasteiger partial charge in [-0.1, -0.05) is 72.8 Å². The minimum atomic E-state index is 0.136. The minimum Gasteiger partial charge on any atom is -0.505 e. The number of hydrogen-bond acceptors (Lipinski definition) is 4. The van der Waals surface area contributed by atoms with Gasteiger partial charge in [0.25, 0.3) is 0 Å². The van der Waals surface area contributed by atoms with E-state index in [4.69, 9.17) is 14.7 Å². The molecule has 8 aromatic rings. The first-order chi connectivity index (χ1) is 20.2. The van der Waals surface area contributed by atoms with E-state index in [1.807, 2.05) is 91.0 Å². The van der Waals surface area contributed by atoms with E-state index in [-0.39, 0.29) is 5.75 Å². The highest BCUT2D eigenvalue weighted by atomic mass is 16.5. The fourth-order valence-corrected chi connectivity index (χ4v) is 5.62. The second kappa shape index (κ2) is 9.21. The summed E-state index contributed by atoms with van der Waals surface area (Å²) in [5, 5.41) is 15.3. The summed E-state index contributed by atoms with van der Waals surface area (Å²) in [4.78, 5) is 9.69. The number of aromatic nitrogens is 3. The van der Waals surface area contributed by atoms with Crippen LogP contribution in [0.1, 0.15) is 0 Å². The molecule has 0 amide bonds. The minimum absolute atomic E-state index is 0.136. The zero-order valence-corrected chi connectivity index (χ0v) is 21.9. The van der Waals surface area contributed by atoms with Crippen LogP contribution >= 0.6 is 0 Å². The highest BCUT2D eigenvalue weighted by molar-refractivity contribution is 6.09. The first-order valence-electron chi connectivity index (χ1n) is 13.5. The Kier molecular flexibility index (Phi) is 5.22. The number of rotatable bonds is 4. The number of hydrogen-bond donors (Lipinski definition) is 1. The van der Waals surface area contributed by atoms with Crippen molar-refractivity contribution >= 4 is 43.6 Å². The fourth-order valence-electron chi connectivity index (χ4n) is 5.62. The van der Waals surface area contributed by atoms with Gasteiger partial charge in [-0.2, -0.15) is 0 Å². The van der Waals surface area contributed by atoms with Crippen molar-refractivity contribution in [2.24, 2.45) is 0 Å². The van der Waals surface area contributed by atoms with Crippen molar-refractivity contribution in [3.05, 3.63) is 133 Å². The zero-order valence-electron chi connectivity index (χ0n) is 21.9. The Balaban J connectivity index is 1.25. The van der Waals surface area contributed by atoms with Crippen LogP contribution in [0.3, 0.4) is 0 Å². The largest absolute Gasteiger partial charge is 0.505 e. The molecule has 0 atom stereocenters. The third kappa shape index (κ3) is 3.86. The van der Waals surface area contributed by atoms with E-state index in [1.54, 1.807) is 0 Å². The number of nitrogens with zero attached hydrogens (tertiary/aromatic N) is 3. The summed E-state index contributed by atoms with van der Waals surface area (Å²) in [7, 11) is 0. The number of para-hydroxylation sites is 2. The molecule has 0 unspecified atom stereocenters. The van der Waals surface area contributed by atoms with Crippen LogP contribution in [0.15, 0.2) is 133 Å².